The fourth-order valence-electron chi connectivity index (χ4n) is 3.71. The second kappa shape index (κ2) is 6.65. The average Bonchev–Trinajstić information content (AvgIpc) is 3.31. The van der Waals surface area contributed by atoms with E-state index >= 15 is 0 Å². The van der Waals surface area contributed by atoms with Crippen molar-refractivity contribution in [3.63, 3.8) is 0 Å². The van der Waals surface area contributed by atoms with E-state index in [4.69, 9.17) is 9.47 Å². The van der Waals surface area contributed by atoms with Crippen LogP contribution >= 0.6 is 22.7 Å². The number of hydrogen-bond acceptors (Lipinski definition) is 12. The molecule has 4 aromatic rings. The lowest BCUT2D eigenvalue weighted by Crippen LogP contribution is -2.37. The van der Waals surface area contributed by atoms with Gasteiger partial charge < -0.3 is 19.3 Å². The van der Waals surface area contributed by atoms with Crippen molar-refractivity contribution in [1.82, 2.24) is 30.8 Å². The van der Waals surface area contributed by atoms with Gasteiger partial charge in [-0.25, -0.2) is 0 Å². The summed E-state index contributed by atoms with van der Waals surface area (Å²) in [6.07, 6.45) is 0. The highest BCUT2D eigenvalue weighted by atomic mass is 32.2. The van der Waals surface area contributed by atoms with Crippen LogP contribution < -0.4 is 9.80 Å². The Bertz CT molecular complexity index is 1080. The summed E-state index contributed by atoms with van der Waals surface area (Å²) >= 11 is 3.39. The van der Waals surface area contributed by atoms with Gasteiger partial charge in [0.25, 0.3) is 0 Å². The molecule has 2 aliphatic rings. The molecule has 0 bridgehead atoms. The minimum absolute atomic E-state index is 0.703. The van der Waals surface area contributed by atoms with Crippen molar-refractivity contribution in [2.45, 2.75) is 0 Å². The molecule has 2 saturated heterocycles. The van der Waals surface area contributed by atoms with Crippen molar-refractivity contribution in [2.75, 3.05) is 62.4 Å². The molecule has 12 heteroatoms. The maximum Gasteiger partial charge on any atom is 0.172 e. The Balaban J connectivity index is 1.54. The molecular formula is C16H16N8O2S2. The SMILES string of the molecule is C1CN(c2nnnc3c2sc2sc4c(N5CCOCC5)nnnc4c23)CCO1. The zero-order valence-corrected chi connectivity index (χ0v) is 16.5. The number of morpholine rings is 2. The number of aromatic nitrogens is 6. The first-order valence-corrected chi connectivity index (χ1v) is 10.8. The highest BCUT2D eigenvalue weighted by Crippen LogP contribution is 2.46. The molecule has 2 fully saturated rings. The van der Waals surface area contributed by atoms with Gasteiger partial charge in [-0.3, -0.25) is 0 Å². The smallest absolute Gasteiger partial charge is 0.172 e. The molecule has 4 aromatic heterocycles. The summed E-state index contributed by atoms with van der Waals surface area (Å²) in [6.45, 7) is 6.05. The summed E-state index contributed by atoms with van der Waals surface area (Å²) in [5, 5.41) is 26.5. The van der Waals surface area contributed by atoms with E-state index in [2.05, 4.69) is 40.6 Å². The van der Waals surface area contributed by atoms with Gasteiger partial charge in [0.2, 0.25) is 0 Å². The first kappa shape index (κ1) is 16.7. The summed E-state index contributed by atoms with van der Waals surface area (Å²) in [7, 11) is 0. The summed E-state index contributed by atoms with van der Waals surface area (Å²) in [4.78, 5) is 4.43. The molecule has 0 spiro atoms. The van der Waals surface area contributed by atoms with E-state index in [9.17, 15) is 0 Å². The predicted molar refractivity (Wildman–Crippen MR) is 108 cm³/mol. The zero-order chi connectivity index (χ0) is 18.5. The quantitative estimate of drug-likeness (QED) is 0.475. The van der Waals surface area contributed by atoms with Gasteiger partial charge in [-0.2, -0.15) is 0 Å². The number of anilines is 2. The van der Waals surface area contributed by atoms with Crippen LogP contribution in [0.5, 0.6) is 0 Å². The van der Waals surface area contributed by atoms with Crippen LogP contribution in [0.15, 0.2) is 0 Å². The first-order chi connectivity index (χ1) is 13.9. The third-order valence-corrected chi connectivity index (χ3v) is 7.53. The van der Waals surface area contributed by atoms with E-state index in [1.165, 1.54) is 0 Å². The lowest BCUT2D eigenvalue weighted by Gasteiger charge is -2.27. The van der Waals surface area contributed by atoms with Gasteiger partial charge >= 0.3 is 0 Å². The van der Waals surface area contributed by atoms with Crippen LogP contribution in [0.3, 0.4) is 0 Å². The maximum absolute atomic E-state index is 5.47. The van der Waals surface area contributed by atoms with Gasteiger partial charge in [0.15, 0.2) is 11.6 Å². The zero-order valence-electron chi connectivity index (χ0n) is 14.9. The number of fused-ring (bicyclic) bond motifs is 5. The number of nitrogens with zero attached hydrogens (tertiary/aromatic N) is 8. The molecule has 0 amide bonds. The van der Waals surface area contributed by atoms with Crippen LogP contribution in [0.25, 0.3) is 29.8 Å². The molecule has 28 heavy (non-hydrogen) atoms. The molecule has 144 valence electrons. The van der Waals surface area contributed by atoms with Gasteiger partial charge in [0.05, 0.1) is 35.8 Å². The van der Waals surface area contributed by atoms with Gasteiger partial charge in [0.1, 0.15) is 20.4 Å². The van der Waals surface area contributed by atoms with Crippen molar-refractivity contribution in [3.05, 3.63) is 0 Å². The van der Waals surface area contributed by atoms with E-state index in [1.807, 2.05) is 0 Å². The van der Waals surface area contributed by atoms with E-state index in [1.54, 1.807) is 22.7 Å². The molecule has 0 aliphatic carbocycles. The number of thiophene rings is 2. The number of hydrogen-bond donors (Lipinski definition) is 0. The lowest BCUT2D eigenvalue weighted by molar-refractivity contribution is 0.122. The fourth-order valence-corrected chi connectivity index (χ4v) is 6.33. The molecule has 0 saturated carbocycles. The largest absolute Gasteiger partial charge is 0.378 e. The highest BCUT2D eigenvalue weighted by Gasteiger charge is 2.25. The summed E-state index contributed by atoms with van der Waals surface area (Å²) in [5.41, 5.74) is 1.69. The van der Waals surface area contributed by atoms with E-state index in [-0.39, 0.29) is 0 Å². The molecule has 0 unspecified atom stereocenters. The van der Waals surface area contributed by atoms with Crippen molar-refractivity contribution >= 4 is 64.1 Å². The van der Waals surface area contributed by atoms with E-state index < -0.39 is 0 Å². The van der Waals surface area contributed by atoms with Crippen molar-refractivity contribution in [2.24, 2.45) is 0 Å². The fraction of sp³-hybridized carbons (Fsp3) is 0.500. The van der Waals surface area contributed by atoms with Crippen LogP contribution in [0.2, 0.25) is 0 Å². The Morgan fingerprint density at radius 3 is 1.57 bits per heavy atom. The Labute approximate surface area is 167 Å². The van der Waals surface area contributed by atoms with Crippen molar-refractivity contribution < 1.29 is 9.47 Å². The molecule has 0 N–H and O–H groups in total. The van der Waals surface area contributed by atoms with Crippen LogP contribution in [0.4, 0.5) is 11.6 Å². The minimum Gasteiger partial charge on any atom is -0.378 e. The molecule has 0 radical (unpaired) electrons. The van der Waals surface area contributed by atoms with Crippen LogP contribution in [-0.2, 0) is 9.47 Å². The molecule has 6 heterocycles. The summed E-state index contributed by atoms with van der Waals surface area (Å²) in [5.74, 6) is 1.76. The van der Waals surface area contributed by atoms with Crippen molar-refractivity contribution in [3.8, 4) is 0 Å². The maximum atomic E-state index is 5.47. The van der Waals surface area contributed by atoms with Gasteiger partial charge in [-0.15, -0.1) is 43.1 Å². The third kappa shape index (κ3) is 2.52. The van der Waals surface area contributed by atoms with Gasteiger partial charge in [0, 0.05) is 26.2 Å². The highest BCUT2D eigenvalue weighted by molar-refractivity contribution is 7.45. The van der Waals surface area contributed by atoms with E-state index in [0.29, 0.717) is 26.4 Å². The Morgan fingerprint density at radius 1 is 0.643 bits per heavy atom. The third-order valence-electron chi connectivity index (χ3n) is 5.09. The van der Waals surface area contributed by atoms with Crippen molar-refractivity contribution in [1.29, 1.82) is 0 Å². The van der Waals surface area contributed by atoms with Crippen LogP contribution in [-0.4, -0.2) is 83.4 Å². The standard InChI is InChI=1S/C16H16N8O2S2/c1-5-25-6-2-23(1)14-12-10(17-21-19-14)9-11-13(28-16(9)27-12)15(20-22-18-11)24-3-7-26-8-4-24/h1-8H2. The monoisotopic (exact) mass is 416 g/mol. The average molecular weight is 416 g/mol. The first-order valence-electron chi connectivity index (χ1n) is 9.13. The topological polar surface area (TPSA) is 102 Å². The summed E-state index contributed by atoms with van der Waals surface area (Å²) < 4.78 is 14.2. The Morgan fingerprint density at radius 2 is 1.11 bits per heavy atom. The molecule has 2 aliphatic heterocycles. The van der Waals surface area contributed by atoms with Gasteiger partial charge in [-0.05, 0) is 10.4 Å². The second-order valence-corrected chi connectivity index (χ2v) is 8.95. The Kier molecular flexibility index (Phi) is 3.96. The van der Waals surface area contributed by atoms with Crippen LogP contribution in [0, 0.1) is 0 Å². The second-order valence-electron chi connectivity index (χ2n) is 6.65. The minimum atomic E-state index is 0.703. The molecule has 10 nitrogen and oxygen atoms in total. The molecule has 6 rings (SSSR count). The molecule has 0 aromatic carbocycles. The normalized spacial score (nSPS) is 18.6. The number of ether oxygens (including phenoxy) is 2. The Hall–Kier alpha value is -2.28. The molecular weight excluding hydrogens is 400 g/mol. The number of rotatable bonds is 2. The van der Waals surface area contributed by atoms with Crippen LogP contribution in [0.1, 0.15) is 0 Å². The summed E-state index contributed by atoms with van der Waals surface area (Å²) in [6, 6.07) is 0. The predicted octanol–water partition coefficient (Wildman–Crippen LogP) is 1.31. The lowest BCUT2D eigenvalue weighted by atomic mass is 10.3. The van der Waals surface area contributed by atoms with Gasteiger partial charge in [-0.1, -0.05) is 0 Å². The molecule has 0 atom stereocenters. The van der Waals surface area contributed by atoms with E-state index in [0.717, 1.165) is 67.6 Å².